The Morgan fingerprint density at radius 1 is 1.05 bits per heavy atom. The molecule has 1 fully saturated rings. The number of benzene rings is 2. The van der Waals surface area contributed by atoms with Crippen molar-refractivity contribution >= 4 is 29.1 Å². The first kappa shape index (κ1) is 27.1. The number of carboxylic acids is 1. The van der Waals surface area contributed by atoms with Crippen molar-refractivity contribution in [2.24, 2.45) is 5.92 Å². The number of nitrogens with zero attached hydrogens (tertiary/aromatic N) is 2. The van der Waals surface area contributed by atoms with Gasteiger partial charge in [-0.1, -0.05) is 39.2 Å². The molecule has 8 heteroatoms. The number of rotatable bonds is 8. The van der Waals surface area contributed by atoms with Crippen LogP contribution in [0.4, 0.5) is 26.2 Å². The van der Waals surface area contributed by atoms with E-state index in [1.807, 2.05) is 19.1 Å². The Balaban J connectivity index is 1.76. The molecule has 0 bridgehead atoms. The molecular weight excluding hydrogens is 483 g/mol. The molecular formula is C30H35FN4O3. The minimum absolute atomic E-state index is 0.00778. The zero-order valence-corrected chi connectivity index (χ0v) is 22.1. The molecule has 3 aromatic rings. The van der Waals surface area contributed by atoms with Crippen molar-refractivity contribution in [3.8, 4) is 11.1 Å². The number of hydrogen-bond donors (Lipinski definition) is 3. The van der Waals surface area contributed by atoms with Crippen molar-refractivity contribution in [2.75, 3.05) is 22.1 Å². The average Bonchev–Trinajstić information content (AvgIpc) is 2.89. The van der Waals surface area contributed by atoms with Crippen LogP contribution in [0.5, 0.6) is 0 Å². The molecule has 3 N–H and O–H groups in total. The van der Waals surface area contributed by atoms with Crippen molar-refractivity contribution in [2.45, 2.75) is 58.9 Å². The summed E-state index contributed by atoms with van der Waals surface area (Å²) in [5.74, 6) is -1.29. The number of aromatic nitrogens is 1. The fraction of sp³-hybridized carbons (Fsp3) is 0.367. The maximum Gasteiger partial charge on any atom is 0.336 e. The number of pyridine rings is 1. The van der Waals surface area contributed by atoms with Crippen molar-refractivity contribution in [3.63, 3.8) is 0 Å². The van der Waals surface area contributed by atoms with Gasteiger partial charge >= 0.3 is 12.0 Å². The van der Waals surface area contributed by atoms with E-state index in [-0.39, 0.29) is 11.1 Å². The second kappa shape index (κ2) is 12.1. The number of hydrogen-bond acceptors (Lipinski definition) is 4. The van der Waals surface area contributed by atoms with Gasteiger partial charge in [0.25, 0.3) is 0 Å². The molecule has 1 heterocycles. The lowest BCUT2D eigenvalue weighted by Crippen LogP contribution is -2.40. The maximum absolute atomic E-state index is 14.2. The molecule has 0 unspecified atom stereocenters. The Labute approximate surface area is 223 Å². The van der Waals surface area contributed by atoms with E-state index in [9.17, 15) is 19.1 Å². The second-order valence-corrected chi connectivity index (χ2v) is 10.3. The lowest BCUT2D eigenvalue weighted by Gasteiger charge is -2.38. The van der Waals surface area contributed by atoms with Gasteiger partial charge in [-0.3, -0.25) is 4.98 Å². The van der Waals surface area contributed by atoms with Crippen LogP contribution in [0.15, 0.2) is 54.7 Å². The van der Waals surface area contributed by atoms with Gasteiger partial charge in [-0.15, -0.1) is 0 Å². The summed E-state index contributed by atoms with van der Waals surface area (Å²) in [6.07, 6.45) is 7.27. The van der Waals surface area contributed by atoms with Crippen LogP contribution in [0.1, 0.15) is 62.0 Å². The van der Waals surface area contributed by atoms with E-state index in [2.05, 4.69) is 34.4 Å². The molecule has 1 aliphatic rings. The Morgan fingerprint density at radius 2 is 1.82 bits per heavy atom. The van der Waals surface area contributed by atoms with Crippen LogP contribution in [-0.2, 0) is 0 Å². The van der Waals surface area contributed by atoms with Crippen LogP contribution in [-0.4, -0.2) is 34.7 Å². The number of carbonyl (C=O) groups is 2. The third kappa shape index (κ3) is 6.68. The monoisotopic (exact) mass is 518 g/mol. The summed E-state index contributed by atoms with van der Waals surface area (Å²) in [7, 11) is 0. The molecule has 200 valence electrons. The van der Waals surface area contributed by atoms with Crippen molar-refractivity contribution < 1.29 is 19.1 Å². The molecule has 0 aliphatic heterocycles. The van der Waals surface area contributed by atoms with E-state index in [0.29, 0.717) is 28.9 Å². The van der Waals surface area contributed by atoms with Crippen molar-refractivity contribution in [1.82, 2.24) is 4.98 Å². The minimum atomic E-state index is -1.15. The smallest absolute Gasteiger partial charge is 0.336 e. The third-order valence-corrected chi connectivity index (χ3v) is 6.82. The van der Waals surface area contributed by atoms with E-state index < -0.39 is 17.8 Å². The zero-order chi connectivity index (χ0) is 27.2. The first-order valence-corrected chi connectivity index (χ1v) is 13.2. The number of anilines is 3. The van der Waals surface area contributed by atoms with Gasteiger partial charge in [0.15, 0.2) is 0 Å². The van der Waals surface area contributed by atoms with Gasteiger partial charge in [0.1, 0.15) is 5.82 Å². The van der Waals surface area contributed by atoms with E-state index in [0.717, 1.165) is 49.7 Å². The number of aromatic carboxylic acids is 1. The van der Waals surface area contributed by atoms with Crippen LogP contribution in [0.25, 0.3) is 11.1 Å². The molecule has 2 amide bonds. The van der Waals surface area contributed by atoms with Crippen LogP contribution in [0.2, 0.25) is 0 Å². The zero-order valence-electron chi connectivity index (χ0n) is 22.1. The normalized spacial score (nSPS) is 13.8. The van der Waals surface area contributed by atoms with Crippen molar-refractivity contribution in [1.29, 1.82) is 0 Å². The molecule has 1 aliphatic carbocycles. The van der Waals surface area contributed by atoms with E-state index in [1.165, 1.54) is 18.6 Å². The van der Waals surface area contributed by atoms with Crippen LogP contribution in [0, 0.1) is 18.7 Å². The largest absolute Gasteiger partial charge is 0.478 e. The van der Waals surface area contributed by atoms with Gasteiger partial charge in [-0.25, -0.2) is 14.0 Å². The Hall–Kier alpha value is -3.94. The molecule has 1 aromatic heterocycles. The van der Waals surface area contributed by atoms with Crippen LogP contribution >= 0.6 is 0 Å². The fourth-order valence-electron chi connectivity index (χ4n) is 5.05. The highest BCUT2D eigenvalue weighted by Crippen LogP contribution is 2.37. The first-order chi connectivity index (χ1) is 18.2. The van der Waals surface area contributed by atoms with Gasteiger partial charge in [-0.2, -0.15) is 0 Å². The maximum atomic E-state index is 14.2. The average molecular weight is 519 g/mol. The molecule has 0 radical (unpaired) electrons. The number of amides is 2. The SMILES string of the molecule is Cc1ccc(NC(=O)Nc2cc(-c3cc(F)ccc3C(=O)O)ccc2N(CC(C)C)C2CCCCC2)cn1. The Kier molecular flexibility index (Phi) is 8.61. The minimum Gasteiger partial charge on any atom is -0.478 e. The molecule has 0 spiro atoms. The van der Waals surface area contributed by atoms with E-state index >= 15 is 0 Å². The van der Waals surface area contributed by atoms with E-state index in [1.54, 1.807) is 24.4 Å². The number of nitrogens with one attached hydrogen (secondary N) is 2. The quantitative estimate of drug-likeness (QED) is 0.290. The highest BCUT2D eigenvalue weighted by Gasteiger charge is 2.25. The number of urea groups is 1. The van der Waals surface area contributed by atoms with Crippen molar-refractivity contribution in [3.05, 3.63) is 71.8 Å². The van der Waals surface area contributed by atoms with Crippen LogP contribution < -0.4 is 15.5 Å². The standard InChI is InChI=1S/C30H35FN4O3/c1-19(2)18-35(24-7-5-4-6-8-24)28-14-10-21(26-16-22(31)11-13-25(26)29(36)37)15-27(28)34-30(38)33-23-12-9-20(3)32-17-23/h9-17,19,24H,4-8,18H2,1-3H3,(H,36,37)(H2,33,34,38). The highest BCUT2D eigenvalue weighted by molar-refractivity contribution is 6.03. The topological polar surface area (TPSA) is 94.6 Å². The summed E-state index contributed by atoms with van der Waals surface area (Å²) >= 11 is 0. The predicted molar refractivity (Wildman–Crippen MR) is 149 cm³/mol. The second-order valence-electron chi connectivity index (χ2n) is 10.3. The third-order valence-electron chi connectivity index (χ3n) is 6.82. The Bertz CT molecular complexity index is 1290. The summed E-state index contributed by atoms with van der Waals surface area (Å²) in [6, 6.07) is 12.5. The number of carboxylic acid groups (broad SMARTS) is 1. The summed E-state index contributed by atoms with van der Waals surface area (Å²) < 4.78 is 14.2. The molecule has 1 saturated carbocycles. The van der Waals surface area contributed by atoms with Gasteiger partial charge < -0.3 is 20.6 Å². The molecule has 0 saturated heterocycles. The summed E-state index contributed by atoms with van der Waals surface area (Å²) in [5.41, 5.74) is 3.54. The summed E-state index contributed by atoms with van der Waals surface area (Å²) in [4.78, 5) is 31.6. The lowest BCUT2D eigenvalue weighted by molar-refractivity contribution is 0.0697. The van der Waals surface area contributed by atoms with Gasteiger partial charge in [-0.05, 0) is 79.3 Å². The van der Waals surface area contributed by atoms with Gasteiger partial charge in [0.05, 0.1) is 28.8 Å². The number of carbonyl (C=O) groups excluding carboxylic acids is 1. The lowest BCUT2D eigenvalue weighted by atomic mass is 9.92. The Morgan fingerprint density at radius 3 is 2.47 bits per heavy atom. The first-order valence-electron chi connectivity index (χ1n) is 13.2. The van der Waals surface area contributed by atoms with Crippen LogP contribution in [0.3, 0.4) is 0 Å². The van der Waals surface area contributed by atoms with Gasteiger partial charge in [0.2, 0.25) is 0 Å². The molecule has 38 heavy (non-hydrogen) atoms. The van der Waals surface area contributed by atoms with E-state index in [4.69, 9.17) is 0 Å². The molecule has 4 rings (SSSR count). The predicted octanol–water partition coefficient (Wildman–Crippen LogP) is 7.33. The fourth-order valence-corrected chi connectivity index (χ4v) is 5.05. The summed E-state index contributed by atoms with van der Waals surface area (Å²) in [5, 5.41) is 15.5. The molecule has 2 aromatic carbocycles. The highest BCUT2D eigenvalue weighted by atomic mass is 19.1. The molecule has 0 atom stereocenters. The molecule has 7 nitrogen and oxygen atoms in total. The number of halogens is 1. The number of aryl methyl sites for hydroxylation is 1. The van der Waals surface area contributed by atoms with Gasteiger partial charge in [0, 0.05) is 18.3 Å². The summed E-state index contributed by atoms with van der Waals surface area (Å²) in [6.45, 7) is 7.01.